The highest BCUT2D eigenvalue weighted by atomic mass is 28.4. The van der Waals surface area contributed by atoms with Gasteiger partial charge in [0.1, 0.15) is 31.9 Å². The summed E-state index contributed by atoms with van der Waals surface area (Å²) < 4.78 is 84.3. The van der Waals surface area contributed by atoms with Crippen LogP contribution in [0.15, 0.2) is 12.2 Å². The van der Waals surface area contributed by atoms with Gasteiger partial charge in [-0.05, 0) is 61.7 Å². The summed E-state index contributed by atoms with van der Waals surface area (Å²) in [6.45, 7) is 35.4. The maximum absolute atomic E-state index is 14.3. The fourth-order valence-electron chi connectivity index (χ4n) is 11.5. The highest BCUT2D eigenvalue weighted by Gasteiger charge is 2.66. The normalized spacial score (nSPS) is 39.4. The molecule has 16 heteroatoms. The Hall–Kier alpha value is -0.836. The van der Waals surface area contributed by atoms with Gasteiger partial charge in [0.25, 0.3) is 0 Å². The Bertz CT molecular complexity index is 1640. The van der Waals surface area contributed by atoms with E-state index in [4.69, 9.17) is 61.3 Å². The van der Waals surface area contributed by atoms with Crippen LogP contribution in [0.2, 0.25) is 43.8 Å². The van der Waals surface area contributed by atoms with Crippen LogP contribution in [-0.4, -0.2) is 150 Å². The van der Waals surface area contributed by atoms with Crippen molar-refractivity contribution in [3.8, 4) is 0 Å². The van der Waals surface area contributed by atoms with Crippen molar-refractivity contribution in [1.29, 1.82) is 0 Å². The number of hydrogen-bond acceptors (Lipinski definition) is 14. The van der Waals surface area contributed by atoms with E-state index in [1.165, 1.54) is 7.11 Å². The number of carbonyl (C=O) groups is 1. The van der Waals surface area contributed by atoms with E-state index in [-0.39, 0.29) is 97.4 Å². The molecule has 0 saturated carbocycles. The summed E-state index contributed by atoms with van der Waals surface area (Å²) in [6, 6.07) is 1.08. The van der Waals surface area contributed by atoms with Crippen LogP contribution < -0.4 is 0 Å². The number of hydrogen-bond donors (Lipinski definition) is 0. The fourth-order valence-corrected chi connectivity index (χ4v) is 13.4. The average molecular weight is 1000 g/mol. The number of rotatable bonds is 23. The molecule has 1 spiro atoms. The van der Waals surface area contributed by atoms with Crippen LogP contribution in [-0.2, 0) is 66.1 Å². The van der Waals surface area contributed by atoms with Crippen LogP contribution in [0.25, 0.3) is 0 Å². The fraction of sp³-hybridized carbons (Fsp3) is 0.942. The first-order chi connectivity index (χ1) is 31.7. The molecule has 0 aromatic carbocycles. The first-order valence-electron chi connectivity index (χ1n) is 25.9. The Morgan fingerprint density at radius 1 is 0.897 bits per heavy atom. The Morgan fingerprint density at radius 3 is 2.21 bits per heavy atom. The van der Waals surface area contributed by atoms with Gasteiger partial charge < -0.3 is 61.3 Å². The third-order valence-corrected chi connectivity index (χ3v) is 23.1. The molecule has 5 aliphatic heterocycles. The highest BCUT2D eigenvalue weighted by Crippen LogP contribution is 2.54. The summed E-state index contributed by atoms with van der Waals surface area (Å²) in [5.41, 5.74) is -2.32. The zero-order valence-electron chi connectivity index (χ0n) is 45.9. The molecule has 5 heterocycles. The predicted molar refractivity (Wildman–Crippen MR) is 267 cm³/mol. The first kappa shape index (κ1) is 58.1. The molecule has 5 rings (SSSR count). The minimum atomic E-state index is -2.00. The lowest BCUT2D eigenvalue weighted by Crippen LogP contribution is -2.59. The molecular formula is C52H96O14Si2. The molecule has 0 amide bonds. The van der Waals surface area contributed by atoms with Gasteiger partial charge in [0.15, 0.2) is 25.5 Å². The average Bonchev–Trinajstić information content (AvgIpc) is 4.01. The molecule has 396 valence electrons. The maximum Gasteiger partial charge on any atom is 0.341 e. The molecule has 14 nitrogen and oxygen atoms in total. The van der Waals surface area contributed by atoms with Gasteiger partial charge >= 0.3 is 5.97 Å². The first-order valence-corrected chi connectivity index (χ1v) is 32.5. The second-order valence-electron chi connectivity index (χ2n) is 24.2. The Labute approximate surface area is 413 Å². The van der Waals surface area contributed by atoms with Crippen molar-refractivity contribution in [2.24, 2.45) is 35.5 Å². The van der Waals surface area contributed by atoms with Gasteiger partial charge in [0, 0.05) is 79.1 Å². The van der Waals surface area contributed by atoms with Crippen LogP contribution in [0.1, 0.15) is 108 Å². The van der Waals surface area contributed by atoms with Crippen LogP contribution in [0, 0.1) is 35.5 Å². The van der Waals surface area contributed by atoms with Gasteiger partial charge in [-0.25, -0.2) is 4.79 Å². The Balaban J connectivity index is 1.33. The molecule has 5 aliphatic rings. The second-order valence-corrected chi connectivity index (χ2v) is 34.6. The molecule has 0 radical (unpaired) electrons. The van der Waals surface area contributed by atoms with Crippen molar-refractivity contribution in [3.63, 3.8) is 0 Å². The summed E-state index contributed by atoms with van der Waals surface area (Å²) in [4.78, 5) is 14.3. The van der Waals surface area contributed by atoms with E-state index in [2.05, 4.69) is 108 Å². The zero-order valence-corrected chi connectivity index (χ0v) is 47.9. The van der Waals surface area contributed by atoms with Crippen molar-refractivity contribution in [3.05, 3.63) is 12.2 Å². The summed E-state index contributed by atoms with van der Waals surface area (Å²) in [5.74, 6) is -2.23. The van der Waals surface area contributed by atoms with Crippen molar-refractivity contribution < 1.29 is 66.1 Å². The van der Waals surface area contributed by atoms with E-state index in [0.29, 0.717) is 38.9 Å². The quantitative estimate of drug-likeness (QED) is 0.0316. The van der Waals surface area contributed by atoms with E-state index in [1.54, 1.807) is 21.3 Å². The van der Waals surface area contributed by atoms with Gasteiger partial charge in [-0.3, -0.25) is 0 Å². The standard InChI is InChI=1S/C52H96O14Si2/c1-20-49(46-35(3)28-40(62-46)44-34(2)27-37(5)52(57-14,65-44)31-59-33-58-25-26-67(15,16)17)22-21-42(63-49)51(47(53)56-13)24-23-50(66-51)29-41(60-32-54-11)38(6)45(64-50)39(7)43(55-12)36(4)30-61-68(18,19)48(8,9)10/h21-22,34-46H,20,23-33H2,1-19H3/t34-,35-,36+,37+,38+,39-,40+,41-,42+,43-,44-,45-,46+,49-,50+,51?,52-/m0/s1. The highest BCUT2D eigenvalue weighted by molar-refractivity contribution is 6.76. The zero-order chi connectivity index (χ0) is 50.7. The maximum atomic E-state index is 14.3. The topological polar surface area (TPSA) is 137 Å². The van der Waals surface area contributed by atoms with Crippen molar-refractivity contribution in [1.82, 2.24) is 0 Å². The van der Waals surface area contributed by atoms with Crippen molar-refractivity contribution >= 4 is 22.4 Å². The molecule has 68 heavy (non-hydrogen) atoms. The molecule has 0 aromatic heterocycles. The lowest BCUT2D eigenvalue weighted by molar-refractivity contribution is -0.342. The minimum Gasteiger partial charge on any atom is -0.467 e. The third kappa shape index (κ3) is 12.6. The number of carbonyl (C=O) groups excluding carboxylic acids is 1. The van der Waals surface area contributed by atoms with Crippen LogP contribution in [0.4, 0.5) is 0 Å². The van der Waals surface area contributed by atoms with E-state index in [0.717, 1.165) is 18.9 Å². The molecule has 17 atom stereocenters. The SMILES string of the molecule is CC[C@@]1([C@@H]2O[C@@H]([C@H]3O[C@](COCOCC[Si](C)(C)C)(OC)[C@H](C)C[C@@H]3C)C[C@@H]2C)C=C[C@H](C2(C(=O)OC)CC[C@]3(C[C@H](OCOC)[C@@H](C)[C@@H]([C@@H](C)[C@@H](OC)[C@H](C)CO[Si](C)(C)C(C)(C)C)O3)O2)O1. The van der Waals surface area contributed by atoms with Gasteiger partial charge in [-0.1, -0.05) is 101 Å². The Kier molecular flexibility index (Phi) is 19.8. The number of methoxy groups -OCH3 is 4. The molecule has 4 saturated heterocycles. The van der Waals surface area contributed by atoms with Crippen molar-refractivity contribution in [2.75, 3.05) is 61.8 Å². The molecule has 0 bridgehead atoms. The van der Waals surface area contributed by atoms with Crippen LogP contribution in [0.3, 0.4) is 0 Å². The largest absolute Gasteiger partial charge is 0.467 e. The minimum absolute atomic E-state index is 0.0442. The molecule has 0 aromatic rings. The van der Waals surface area contributed by atoms with Crippen LogP contribution in [0.5, 0.6) is 0 Å². The van der Waals surface area contributed by atoms with E-state index >= 15 is 0 Å². The van der Waals surface area contributed by atoms with E-state index in [1.807, 2.05) is 6.08 Å². The predicted octanol–water partition coefficient (Wildman–Crippen LogP) is 9.76. The lowest BCUT2D eigenvalue weighted by Gasteiger charge is -2.50. The molecule has 0 N–H and O–H groups in total. The van der Waals surface area contributed by atoms with Gasteiger partial charge in [0.05, 0.1) is 43.7 Å². The smallest absolute Gasteiger partial charge is 0.341 e. The molecule has 1 unspecified atom stereocenters. The third-order valence-electron chi connectivity index (χ3n) is 16.9. The van der Waals surface area contributed by atoms with Gasteiger partial charge in [-0.15, -0.1) is 0 Å². The monoisotopic (exact) mass is 1000 g/mol. The van der Waals surface area contributed by atoms with Crippen molar-refractivity contribution in [2.45, 2.75) is 217 Å². The summed E-state index contributed by atoms with van der Waals surface area (Å²) in [7, 11) is 3.29. The summed E-state index contributed by atoms with van der Waals surface area (Å²) in [6.07, 6.45) is 5.18. The van der Waals surface area contributed by atoms with Gasteiger partial charge in [0.2, 0.25) is 0 Å². The Morgan fingerprint density at radius 2 is 1.60 bits per heavy atom. The lowest BCUT2D eigenvalue weighted by atomic mass is 9.78. The number of ether oxygens (including phenoxy) is 12. The summed E-state index contributed by atoms with van der Waals surface area (Å²) in [5, 5.41) is 0.0876. The van der Waals surface area contributed by atoms with E-state index < -0.39 is 51.2 Å². The van der Waals surface area contributed by atoms with Crippen LogP contribution >= 0.6 is 0 Å². The van der Waals surface area contributed by atoms with E-state index in [9.17, 15) is 4.79 Å². The molecule has 4 fully saturated rings. The number of esters is 1. The summed E-state index contributed by atoms with van der Waals surface area (Å²) >= 11 is 0. The molecular weight excluding hydrogens is 905 g/mol. The second kappa shape index (κ2) is 23.2. The molecule has 0 aliphatic carbocycles. The van der Waals surface area contributed by atoms with Gasteiger partial charge in [-0.2, -0.15) is 0 Å².